The van der Waals surface area contributed by atoms with E-state index in [9.17, 15) is 9.59 Å². The van der Waals surface area contributed by atoms with Gasteiger partial charge >= 0.3 is 11.6 Å². The summed E-state index contributed by atoms with van der Waals surface area (Å²) in [6.45, 7) is 3.61. The quantitative estimate of drug-likeness (QED) is 0.808. The van der Waals surface area contributed by atoms with E-state index in [0.29, 0.717) is 21.4 Å². The van der Waals surface area contributed by atoms with Crippen LogP contribution in [-0.2, 0) is 0 Å². The molecule has 2 rings (SSSR count). The van der Waals surface area contributed by atoms with Crippen LogP contribution in [0.25, 0.3) is 0 Å². The molecule has 1 heterocycles. The molecule has 5 nitrogen and oxygen atoms in total. The summed E-state index contributed by atoms with van der Waals surface area (Å²) >= 11 is 7.18. The summed E-state index contributed by atoms with van der Waals surface area (Å²) in [5, 5.41) is 0.576. The van der Waals surface area contributed by atoms with E-state index in [1.165, 1.54) is 16.7 Å². The molecule has 21 heavy (non-hydrogen) atoms. The Hall–Kier alpha value is -1.66. The van der Waals surface area contributed by atoms with Crippen molar-refractivity contribution in [1.29, 1.82) is 0 Å². The Labute approximate surface area is 131 Å². The smallest absolute Gasteiger partial charge is 0.365 e. The van der Waals surface area contributed by atoms with Crippen LogP contribution in [0.15, 0.2) is 38.5 Å². The van der Waals surface area contributed by atoms with Gasteiger partial charge in [0.2, 0.25) is 0 Å². The molecule has 0 saturated carbocycles. The molecule has 0 radical (unpaired) electrons. The highest BCUT2D eigenvalue weighted by Gasteiger charge is 2.22. The third kappa shape index (κ3) is 3.16. The van der Waals surface area contributed by atoms with E-state index < -0.39 is 11.6 Å². The second kappa shape index (κ2) is 6.41. The van der Waals surface area contributed by atoms with Gasteiger partial charge in [0.1, 0.15) is 10.7 Å². The zero-order valence-corrected chi connectivity index (χ0v) is 13.5. The van der Waals surface area contributed by atoms with Crippen molar-refractivity contribution in [2.24, 2.45) is 0 Å². The Kier molecular flexibility index (Phi) is 4.80. The maximum Gasteiger partial charge on any atom is 0.365 e. The van der Waals surface area contributed by atoms with E-state index in [2.05, 4.69) is 0 Å². The van der Waals surface area contributed by atoms with Crippen molar-refractivity contribution in [2.75, 3.05) is 17.7 Å². The summed E-state index contributed by atoms with van der Waals surface area (Å²) in [6.07, 6.45) is 0. The molecule has 0 saturated heterocycles. The number of thioether (sulfide) groups is 1. The second-order valence-electron chi connectivity index (χ2n) is 4.33. The topological polar surface area (TPSA) is 55.5 Å². The lowest BCUT2D eigenvalue weighted by atomic mass is 10.3. The number of nitrogens with zero attached hydrogens (tertiary/aromatic N) is 2. The van der Waals surface area contributed by atoms with Crippen molar-refractivity contribution in [1.82, 2.24) is 4.74 Å². The lowest BCUT2D eigenvalue weighted by Gasteiger charge is -2.15. The first-order chi connectivity index (χ1) is 9.95. The van der Waals surface area contributed by atoms with Crippen LogP contribution in [-0.4, -0.2) is 23.6 Å². The molecule has 2 aromatic rings. The van der Waals surface area contributed by atoms with Gasteiger partial charge in [0, 0.05) is 17.8 Å². The number of carbonyl (C=O) groups excluding carboxylic acids is 1. The predicted octanol–water partition coefficient (Wildman–Crippen LogP) is 3.62. The fourth-order valence-corrected chi connectivity index (χ4v) is 2.67. The van der Waals surface area contributed by atoms with Crippen molar-refractivity contribution in [3.05, 3.63) is 45.4 Å². The molecule has 0 N–H and O–H groups in total. The average Bonchev–Trinajstić information content (AvgIpc) is 2.75. The minimum atomic E-state index is -0.548. The van der Waals surface area contributed by atoms with Gasteiger partial charge in [0.15, 0.2) is 0 Å². The summed E-state index contributed by atoms with van der Waals surface area (Å²) < 4.78 is 6.07. The molecule has 1 aromatic carbocycles. The lowest BCUT2D eigenvalue weighted by molar-refractivity contribution is 0.213. The highest BCUT2D eigenvalue weighted by molar-refractivity contribution is 7.99. The largest absolute Gasteiger partial charge is 0.371 e. The van der Waals surface area contributed by atoms with Crippen LogP contribution in [0.5, 0.6) is 0 Å². The number of amides is 1. The number of carbonyl (C=O) groups is 1. The third-order valence-corrected chi connectivity index (χ3v) is 4.18. The van der Waals surface area contributed by atoms with Crippen molar-refractivity contribution >= 4 is 35.1 Å². The standard InChI is InChI=1S/C14H15ClN2O3S/c1-4-21-12-9(2)20-17(13(12)18)14(19)16(3)11-7-5-10(15)6-8-11/h5-8H,4H2,1-3H3. The van der Waals surface area contributed by atoms with Crippen LogP contribution in [0.3, 0.4) is 0 Å². The number of hydrogen-bond acceptors (Lipinski definition) is 4. The summed E-state index contributed by atoms with van der Waals surface area (Å²) in [6, 6.07) is 6.20. The minimum absolute atomic E-state index is 0.426. The number of aromatic nitrogens is 1. The maximum atomic E-state index is 12.4. The highest BCUT2D eigenvalue weighted by atomic mass is 35.5. The molecule has 0 aliphatic heterocycles. The molecular weight excluding hydrogens is 312 g/mol. The van der Waals surface area contributed by atoms with Crippen molar-refractivity contribution in [3.8, 4) is 0 Å². The van der Waals surface area contributed by atoms with Gasteiger partial charge in [-0.25, -0.2) is 4.79 Å². The van der Waals surface area contributed by atoms with E-state index in [0.717, 1.165) is 10.5 Å². The van der Waals surface area contributed by atoms with E-state index in [4.69, 9.17) is 16.1 Å². The molecule has 112 valence electrons. The monoisotopic (exact) mass is 326 g/mol. The van der Waals surface area contributed by atoms with Gasteiger partial charge in [-0.05, 0) is 36.9 Å². The molecular formula is C14H15ClN2O3S. The SMILES string of the molecule is CCSc1c(C)on(C(=O)N(C)c2ccc(Cl)cc2)c1=O. The molecule has 0 aliphatic rings. The number of hydrogen-bond donors (Lipinski definition) is 0. The first-order valence-electron chi connectivity index (χ1n) is 6.35. The molecule has 0 spiro atoms. The maximum absolute atomic E-state index is 12.4. The van der Waals surface area contributed by atoms with Crippen molar-refractivity contribution in [3.63, 3.8) is 0 Å². The van der Waals surface area contributed by atoms with Crippen LogP contribution in [0.1, 0.15) is 12.7 Å². The first-order valence-corrected chi connectivity index (χ1v) is 7.71. The van der Waals surface area contributed by atoms with E-state index >= 15 is 0 Å². The number of anilines is 1. The second-order valence-corrected chi connectivity index (χ2v) is 6.04. The van der Waals surface area contributed by atoms with E-state index in [-0.39, 0.29) is 0 Å². The normalized spacial score (nSPS) is 10.7. The molecule has 0 fully saturated rings. The number of halogens is 1. The third-order valence-electron chi connectivity index (χ3n) is 2.89. The molecule has 0 bridgehead atoms. The Bertz CT molecular complexity index is 706. The first kappa shape index (κ1) is 15.7. The van der Waals surface area contributed by atoms with Crippen LogP contribution < -0.4 is 10.5 Å². The van der Waals surface area contributed by atoms with E-state index in [1.54, 1.807) is 38.2 Å². The van der Waals surface area contributed by atoms with Gasteiger partial charge in [-0.2, -0.15) is 0 Å². The van der Waals surface area contributed by atoms with Gasteiger partial charge in [-0.15, -0.1) is 11.8 Å². The molecule has 0 aliphatic carbocycles. The Morgan fingerprint density at radius 2 is 2.00 bits per heavy atom. The fraction of sp³-hybridized carbons (Fsp3) is 0.286. The van der Waals surface area contributed by atoms with Crippen LogP contribution >= 0.6 is 23.4 Å². The van der Waals surface area contributed by atoms with Gasteiger partial charge in [-0.3, -0.25) is 9.69 Å². The van der Waals surface area contributed by atoms with E-state index in [1.807, 2.05) is 6.92 Å². The van der Waals surface area contributed by atoms with Gasteiger partial charge < -0.3 is 4.52 Å². The van der Waals surface area contributed by atoms with Crippen molar-refractivity contribution in [2.45, 2.75) is 18.7 Å². The Morgan fingerprint density at radius 1 is 1.38 bits per heavy atom. The Morgan fingerprint density at radius 3 is 2.57 bits per heavy atom. The molecule has 7 heteroatoms. The molecule has 0 unspecified atom stereocenters. The predicted molar refractivity (Wildman–Crippen MR) is 84.8 cm³/mol. The number of rotatable bonds is 3. The summed E-state index contributed by atoms with van der Waals surface area (Å²) in [4.78, 5) is 26.4. The lowest BCUT2D eigenvalue weighted by Crippen LogP contribution is -2.36. The molecule has 1 amide bonds. The number of benzene rings is 1. The van der Waals surface area contributed by atoms with Crippen LogP contribution in [0.2, 0.25) is 5.02 Å². The summed E-state index contributed by atoms with van der Waals surface area (Å²) in [5.41, 5.74) is 0.195. The summed E-state index contributed by atoms with van der Waals surface area (Å²) in [7, 11) is 1.57. The van der Waals surface area contributed by atoms with Crippen LogP contribution in [0.4, 0.5) is 10.5 Å². The van der Waals surface area contributed by atoms with Crippen LogP contribution in [0, 0.1) is 6.92 Å². The Balaban J connectivity index is 2.34. The molecule has 1 aromatic heterocycles. The highest BCUT2D eigenvalue weighted by Crippen LogP contribution is 2.20. The average molecular weight is 327 g/mol. The minimum Gasteiger partial charge on any atom is -0.371 e. The van der Waals surface area contributed by atoms with Gasteiger partial charge in [-0.1, -0.05) is 23.3 Å². The number of aryl methyl sites for hydroxylation is 1. The zero-order chi connectivity index (χ0) is 15.6. The zero-order valence-electron chi connectivity index (χ0n) is 11.9. The molecule has 0 atom stereocenters. The summed E-state index contributed by atoms with van der Waals surface area (Å²) in [5.74, 6) is 1.18. The fourth-order valence-electron chi connectivity index (χ4n) is 1.81. The van der Waals surface area contributed by atoms with Gasteiger partial charge in [0.05, 0.1) is 0 Å². The van der Waals surface area contributed by atoms with Crippen molar-refractivity contribution < 1.29 is 9.32 Å². The van der Waals surface area contributed by atoms with Gasteiger partial charge in [0.25, 0.3) is 0 Å².